The number of Topliss-reactive ketones (excluding diaryl/α,β-unsaturated/α-hetero) is 1. The first kappa shape index (κ1) is 16.9. The molecule has 1 aromatic carbocycles. The molecule has 0 saturated carbocycles. The highest BCUT2D eigenvalue weighted by Crippen LogP contribution is 2.36. The van der Waals surface area contributed by atoms with Crippen LogP contribution in [-0.2, 0) is 15.8 Å². The molecule has 0 aliphatic rings. The van der Waals surface area contributed by atoms with Crippen molar-refractivity contribution >= 4 is 17.4 Å². The molecule has 1 aromatic rings. The average molecular weight is 307 g/mol. The number of rotatable bonds is 5. The van der Waals surface area contributed by atoms with Gasteiger partial charge in [-0.3, -0.25) is 4.79 Å². The Hall–Kier alpha value is -2.12. The predicted octanol–water partition coefficient (Wildman–Crippen LogP) is 3.25. The van der Waals surface area contributed by atoms with Crippen LogP contribution in [0.1, 0.15) is 31.7 Å². The second-order valence-corrected chi connectivity index (χ2v) is 4.45. The average Bonchev–Trinajstić information content (AvgIpc) is 2.30. The third kappa shape index (κ3) is 5.05. The SMILES string of the molecule is CC(=O)CCCC(=O)Nc1cc(C(F)(F)F)c(F)cc1O. The largest absolute Gasteiger partial charge is 0.506 e. The molecule has 4 nitrogen and oxygen atoms in total. The summed E-state index contributed by atoms with van der Waals surface area (Å²) < 4.78 is 50.7. The second kappa shape index (κ2) is 6.55. The minimum atomic E-state index is -4.94. The first-order valence-corrected chi connectivity index (χ1v) is 6.00. The van der Waals surface area contributed by atoms with Gasteiger partial charge in [0.05, 0.1) is 11.3 Å². The van der Waals surface area contributed by atoms with Crippen LogP contribution in [-0.4, -0.2) is 16.8 Å². The Bertz CT molecular complexity index is 555. The molecule has 0 spiro atoms. The Morgan fingerprint density at radius 2 is 1.86 bits per heavy atom. The van der Waals surface area contributed by atoms with Gasteiger partial charge in [0.1, 0.15) is 17.3 Å². The standard InChI is InChI=1S/C13H13F4NO3/c1-7(19)3-2-4-12(21)18-10-5-8(13(15,16)17)9(14)6-11(10)20/h5-6,20H,2-4H2,1H3,(H,18,21). The van der Waals surface area contributed by atoms with Gasteiger partial charge >= 0.3 is 6.18 Å². The molecule has 0 aromatic heterocycles. The lowest BCUT2D eigenvalue weighted by molar-refractivity contribution is -0.140. The number of aromatic hydroxyl groups is 1. The summed E-state index contributed by atoms with van der Waals surface area (Å²) in [6.07, 6.45) is -4.64. The minimum Gasteiger partial charge on any atom is -0.506 e. The van der Waals surface area contributed by atoms with Gasteiger partial charge in [-0.05, 0) is 19.4 Å². The molecule has 0 atom stereocenters. The first-order chi connectivity index (χ1) is 9.61. The number of hydrogen-bond donors (Lipinski definition) is 2. The van der Waals surface area contributed by atoms with Crippen molar-refractivity contribution in [1.29, 1.82) is 0 Å². The minimum absolute atomic E-state index is 0.0995. The molecule has 116 valence electrons. The van der Waals surface area contributed by atoms with Crippen LogP contribution in [0.3, 0.4) is 0 Å². The Labute approximate surface area is 117 Å². The van der Waals surface area contributed by atoms with E-state index in [0.29, 0.717) is 6.07 Å². The quantitative estimate of drug-likeness (QED) is 0.648. The van der Waals surface area contributed by atoms with Crippen molar-refractivity contribution in [2.24, 2.45) is 0 Å². The van der Waals surface area contributed by atoms with Gasteiger partial charge in [0.2, 0.25) is 5.91 Å². The highest BCUT2D eigenvalue weighted by Gasteiger charge is 2.35. The van der Waals surface area contributed by atoms with Crippen molar-refractivity contribution < 1.29 is 32.3 Å². The van der Waals surface area contributed by atoms with Crippen LogP contribution in [0.2, 0.25) is 0 Å². The van der Waals surface area contributed by atoms with Crippen molar-refractivity contribution in [1.82, 2.24) is 0 Å². The molecular weight excluding hydrogens is 294 g/mol. The van der Waals surface area contributed by atoms with Crippen LogP contribution < -0.4 is 5.32 Å². The number of halogens is 4. The summed E-state index contributed by atoms with van der Waals surface area (Å²) in [5, 5.41) is 11.4. The molecule has 0 heterocycles. The summed E-state index contributed by atoms with van der Waals surface area (Å²) in [4.78, 5) is 22.2. The molecule has 8 heteroatoms. The number of nitrogens with one attached hydrogen (secondary N) is 1. The Morgan fingerprint density at radius 3 is 2.38 bits per heavy atom. The van der Waals surface area contributed by atoms with E-state index in [4.69, 9.17) is 0 Å². The van der Waals surface area contributed by atoms with Crippen molar-refractivity contribution in [2.45, 2.75) is 32.4 Å². The van der Waals surface area contributed by atoms with E-state index in [2.05, 4.69) is 5.32 Å². The first-order valence-electron chi connectivity index (χ1n) is 6.00. The summed E-state index contributed by atoms with van der Waals surface area (Å²) in [6.45, 7) is 1.35. The van der Waals surface area contributed by atoms with Crippen molar-refractivity contribution in [3.8, 4) is 5.75 Å². The van der Waals surface area contributed by atoms with Gasteiger partial charge in [0.25, 0.3) is 0 Å². The number of phenols is 1. The lowest BCUT2D eigenvalue weighted by atomic mass is 10.1. The number of phenolic OH excluding ortho intramolecular Hbond substituents is 1. The van der Waals surface area contributed by atoms with E-state index >= 15 is 0 Å². The van der Waals surface area contributed by atoms with Crippen LogP contribution in [0.25, 0.3) is 0 Å². The van der Waals surface area contributed by atoms with E-state index in [-0.39, 0.29) is 31.1 Å². The summed E-state index contributed by atoms with van der Waals surface area (Å²) in [7, 11) is 0. The smallest absolute Gasteiger partial charge is 0.419 e. The summed E-state index contributed by atoms with van der Waals surface area (Å²) in [5.41, 5.74) is -2.11. The molecular formula is C13H13F4NO3. The maximum absolute atomic E-state index is 13.1. The molecule has 1 amide bonds. The fourth-order valence-electron chi connectivity index (χ4n) is 1.59. The highest BCUT2D eigenvalue weighted by molar-refractivity contribution is 5.92. The third-order valence-electron chi connectivity index (χ3n) is 2.60. The number of amides is 1. The number of hydrogen-bond acceptors (Lipinski definition) is 3. The van der Waals surface area contributed by atoms with Crippen molar-refractivity contribution in [3.05, 3.63) is 23.5 Å². The van der Waals surface area contributed by atoms with Crippen molar-refractivity contribution in [3.63, 3.8) is 0 Å². The van der Waals surface area contributed by atoms with Gasteiger partial charge in [-0.2, -0.15) is 13.2 Å². The maximum Gasteiger partial charge on any atom is 0.419 e. The van der Waals surface area contributed by atoms with E-state index in [1.807, 2.05) is 0 Å². The number of benzene rings is 1. The van der Waals surface area contributed by atoms with Gasteiger partial charge in [0, 0.05) is 18.9 Å². The molecule has 0 bridgehead atoms. The maximum atomic E-state index is 13.1. The number of anilines is 1. The Kier molecular flexibility index (Phi) is 5.28. The molecule has 0 saturated heterocycles. The molecule has 21 heavy (non-hydrogen) atoms. The van der Waals surface area contributed by atoms with Gasteiger partial charge in [-0.15, -0.1) is 0 Å². The number of carbonyl (C=O) groups excluding carboxylic acids is 2. The lowest BCUT2D eigenvalue weighted by Crippen LogP contribution is -2.14. The number of carbonyl (C=O) groups is 2. The van der Waals surface area contributed by atoms with E-state index in [1.165, 1.54) is 6.92 Å². The summed E-state index contributed by atoms with van der Waals surface area (Å²) in [5.74, 6) is -3.23. The van der Waals surface area contributed by atoms with Gasteiger partial charge in [-0.25, -0.2) is 4.39 Å². The second-order valence-electron chi connectivity index (χ2n) is 4.45. The topological polar surface area (TPSA) is 66.4 Å². The van der Waals surface area contributed by atoms with Crippen LogP contribution in [0.4, 0.5) is 23.2 Å². The van der Waals surface area contributed by atoms with E-state index in [1.54, 1.807) is 0 Å². The van der Waals surface area contributed by atoms with Crippen LogP contribution >= 0.6 is 0 Å². The van der Waals surface area contributed by atoms with Gasteiger partial charge < -0.3 is 15.2 Å². The zero-order valence-corrected chi connectivity index (χ0v) is 11.1. The van der Waals surface area contributed by atoms with Gasteiger partial charge in [-0.1, -0.05) is 0 Å². The molecule has 1 rings (SSSR count). The molecule has 0 unspecified atom stereocenters. The van der Waals surface area contributed by atoms with Crippen molar-refractivity contribution in [2.75, 3.05) is 5.32 Å². The summed E-state index contributed by atoms with van der Waals surface area (Å²) in [6, 6.07) is 0.613. The summed E-state index contributed by atoms with van der Waals surface area (Å²) >= 11 is 0. The monoisotopic (exact) mass is 307 g/mol. The number of ketones is 1. The van der Waals surface area contributed by atoms with E-state index in [0.717, 1.165) is 0 Å². The fourth-order valence-corrected chi connectivity index (χ4v) is 1.59. The predicted molar refractivity (Wildman–Crippen MR) is 66.2 cm³/mol. The highest BCUT2D eigenvalue weighted by atomic mass is 19.4. The third-order valence-corrected chi connectivity index (χ3v) is 2.60. The normalized spacial score (nSPS) is 11.3. The lowest BCUT2D eigenvalue weighted by Gasteiger charge is -2.12. The number of alkyl halides is 3. The molecule has 0 aliphatic heterocycles. The zero-order chi connectivity index (χ0) is 16.2. The Balaban J connectivity index is 2.84. The Morgan fingerprint density at radius 1 is 1.24 bits per heavy atom. The zero-order valence-electron chi connectivity index (χ0n) is 11.1. The fraction of sp³-hybridized carbons (Fsp3) is 0.385. The van der Waals surface area contributed by atoms with Crippen LogP contribution in [0.15, 0.2) is 12.1 Å². The van der Waals surface area contributed by atoms with E-state index in [9.17, 15) is 32.3 Å². The molecule has 2 N–H and O–H groups in total. The molecule has 0 radical (unpaired) electrons. The van der Waals surface area contributed by atoms with Crippen LogP contribution in [0.5, 0.6) is 5.75 Å². The molecule has 0 fully saturated rings. The van der Waals surface area contributed by atoms with Gasteiger partial charge in [0.15, 0.2) is 0 Å². The van der Waals surface area contributed by atoms with Crippen LogP contribution in [0, 0.1) is 5.82 Å². The van der Waals surface area contributed by atoms with E-state index < -0.39 is 34.9 Å². The molecule has 0 aliphatic carbocycles.